The summed E-state index contributed by atoms with van der Waals surface area (Å²) in [6.07, 6.45) is 4.62. The fourth-order valence-corrected chi connectivity index (χ4v) is 3.98. The molecule has 0 aliphatic carbocycles. The molecule has 0 saturated carbocycles. The highest BCUT2D eigenvalue weighted by atomic mass is 16.3. The number of carbonyl (C=O) groups excluding carboxylic acids is 2. The number of allylic oxidation sites excluding steroid dienone is 1. The molecule has 2 heterocycles. The average molecular weight is 442 g/mol. The van der Waals surface area contributed by atoms with Crippen molar-refractivity contribution in [2.24, 2.45) is 0 Å². The third-order valence-electron chi connectivity index (χ3n) is 5.79. The molecule has 1 atom stereocenters. The molecular formula is C28H27NO4. The van der Waals surface area contributed by atoms with E-state index in [1.807, 2.05) is 54.6 Å². The van der Waals surface area contributed by atoms with Crippen molar-refractivity contribution in [3.05, 3.63) is 113 Å². The van der Waals surface area contributed by atoms with E-state index in [0.717, 1.165) is 16.7 Å². The highest BCUT2D eigenvalue weighted by Gasteiger charge is 2.43. The molecule has 1 aromatic heterocycles. The highest BCUT2D eigenvalue weighted by molar-refractivity contribution is 6.14. The Morgan fingerprint density at radius 2 is 1.73 bits per heavy atom. The van der Waals surface area contributed by atoms with Gasteiger partial charge in [0.1, 0.15) is 5.76 Å². The van der Waals surface area contributed by atoms with Gasteiger partial charge >= 0.3 is 0 Å². The van der Waals surface area contributed by atoms with Crippen molar-refractivity contribution in [2.75, 3.05) is 0 Å². The minimum atomic E-state index is -0.718. The SMILES string of the molecule is CC(C)(C)c1ccc(C2C(C(=O)C=Cc3ccccc3)=C(O)C(=O)N2Cc2ccco2)cc1. The lowest BCUT2D eigenvalue weighted by Gasteiger charge is -2.27. The minimum absolute atomic E-state index is 0.0348. The molecule has 3 aromatic rings. The maximum atomic E-state index is 13.2. The van der Waals surface area contributed by atoms with Gasteiger partial charge in [-0.3, -0.25) is 9.59 Å². The number of aliphatic hydroxyl groups excluding tert-OH is 1. The maximum absolute atomic E-state index is 13.2. The molecule has 168 valence electrons. The van der Waals surface area contributed by atoms with Gasteiger partial charge in [-0.05, 0) is 40.3 Å². The van der Waals surface area contributed by atoms with Crippen LogP contribution in [-0.2, 0) is 21.5 Å². The van der Waals surface area contributed by atoms with Gasteiger partial charge in [-0.2, -0.15) is 0 Å². The van der Waals surface area contributed by atoms with Crippen LogP contribution in [0, 0.1) is 0 Å². The van der Waals surface area contributed by atoms with Crippen molar-refractivity contribution < 1.29 is 19.1 Å². The number of hydrogen-bond donors (Lipinski definition) is 1. The van der Waals surface area contributed by atoms with Crippen LogP contribution in [-0.4, -0.2) is 21.7 Å². The van der Waals surface area contributed by atoms with E-state index in [0.29, 0.717) is 5.76 Å². The fourth-order valence-electron chi connectivity index (χ4n) is 3.98. The lowest BCUT2D eigenvalue weighted by Crippen LogP contribution is -2.30. The molecule has 1 aliphatic heterocycles. The van der Waals surface area contributed by atoms with Gasteiger partial charge < -0.3 is 14.4 Å². The molecule has 4 rings (SSSR count). The number of nitrogens with zero attached hydrogens (tertiary/aromatic N) is 1. The molecule has 0 bridgehead atoms. The van der Waals surface area contributed by atoms with Gasteiger partial charge in [-0.1, -0.05) is 81.4 Å². The first-order valence-electron chi connectivity index (χ1n) is 10.9. The lowest BCUT2D eigenvalue weighted by molar-refractivity contribution is -0.130. The van der Waals surface area contributed by atoms with E-state index in [4.69, 9.17) is 4.42 Å². The predicted octanol–water partition coefficient (Wildman–Crippen LogP) is 5.76. The molecule has 0 saturated heterocycles. The summed E-state index contributed by atoms with van der Waals surface area (Å²) in [6.45, 7) is 6.51. The van der Waals surface area contributed by atoms with Gasteiger partial charge in [0, 0.05) is 0 Å². The summed E-state index contributed by atoms with van der Waals surface area (Å²) in [5.41, 5.74) is 2.78. The van der Waals surface area contributed by atoms with Crippen LogP contribution in [0.4, 0.5) is 0 Å². The molecule has 1 aliphatic rings. The fraction of sp³-hybridized carbons (Fsp3) is 0.214. The van der Waals surface area contributed by atoms with E-state index < -0.39 is 23.5 Å². The van der Waals surface area contributed by atoms with Crippen LogP contribution in [0.2, 0.25) is 0 Å². The average Bonchev–Trinajstić information content (AvgIpc) is 3.40. The number of benzene rings is 2. The van der Waals surface area contributed by atoms with Crippen molar-refractivity contribution >= 4 is 17.8 Å². The second kappa shape index (κ2) is 8.94. The van der Waals surface area contributed by atoms with Gasteiger partial charge in [0.25, 0.3) is 5.91 Å². The van der Waals surface area contributed by atoms with Crippen LogP contribution in [0.15, 0.2) is 94.8 Å². The van der Waals surface area contributed by atoms with E-state index in [1.54, 1.807) is 18.2 Å². The molecule has 0 spiro atoms. The van der Waals surface area contributed by atoms with Crippen molar-refractivity contribution in [1.29, 1.82) is 0 Å². The molecule has 1 N–H and O–H groups in total. The zero-order valence-electron chi connectivity index (χ0n) is 19.0. The molecule has 5 nitrogen and oxygen atoms in total. The van der Waals surface area contributed by atoms with Crippen LogP contribution >= 0.6 is 0 Å². The first-order valence-corrected chi connectivity index (χ1v) is 10.9. The smallest absolute Gasteiger partial charge is 0.290 e. The molecule has 33 heavy (non-hydrogen) atoms. The number of furan rings is 1. The van der Waals surface area contributed by atoms with Crippen LogP contribution in [0.5, 0.6) is 0 Å². The monoisotopic (exact) mass is 441 g/mol. The van der Waals surface area contributed by atoms with Crippen LogP contribution in [0.1, 0.15) is 49.3 Å². The summed E-state index contributed by atoms with van der Waals surface area (Å²) in [7, 11) is 0. The maximum Gasteiger partial charge on any atom is 0.290 e. The first-order chi connectivity index (χ1) is 15.8. The van der Waals surface area contributed by atoms with E-state index >= 15 is 0 Å². The number of rotatable bonds is 6. The van der Waals surface area contributed by atoms with Gasteiger partial charge in [-0.25, -0.2) is 0 Å². The van der Waals surface area contributed by atoms with Gasteiger partial charge in [0.05, 0.1) is 24.4 Å². The second-order valence-corrected chi connectivity index (χ2v) is 9.16. The number of ketones is 1. The zero-order valence-corrected chi connectivity index (χ0v) is 19.0. The topological polar surface area (TPSA) is 70.8 Å². The van der Waals surface area contributed by atoms with Gasteiger partial charge in [-0.15, -0.1) is 0 Å². The van der Waals surface area contributed by atoms with Crippen molar-refractivity contribution in [2.45, 2.75) is 38.8 Å². The van der Waals surface area contributed by atoms with Gasteiger partial charge in [0.15, 0.2) is 11.5 Å². The van der Waals surface area contributed by atoms with Crippen LogP contribution in [0.3, 0.4) is 0 Å². The standard InChI is InChI=1S/C28H27NO4/c1-28(2,3)21-14-12-20(13-15-21)25-24(23(30)16-11-19-8-5-4-6-9-19)26(31)27(32)29(25)18-22-10-7-17-33-22/h4-17,25,31H,18H2,1-3H3. The molecule has 2 aromatic carbocycles. The highest BCUT2D eigenvalue weighted by Crippen LogP contribution is 2.39. The van der Waals surface area contributed by atoms with E-state index in [9.17, 15) is 14.7 Å². The van der Waals surface area contributed by atoms with E-state index in [1.165, 1.54) is 17.2 Å². The third kappa shape index (κ3) is 4.67. The molecule has 0 radical (unpaired) electrons. The van der Waals surface area contributed by atoms with Crippen LogP contribution < -0.4 is 0 Å². The Balaban J connectivity index is 1.73. The Kier molecular flexibility index (Phi) is 6.05. The number of amides is 1. The summed E-state index contributed by atoms with van der Waals surface area (Å²) < 4.78 is 5.44. The summed E-state index contributed by atoms with van der Waals surface area (Å²) in [4.78, 5) is 27.7. The van der Waals surface area contributed by atoms with Crippen molar-refractivity contribution in [3.8, 4) is 0 Å². The first kappa shape index (κ1) is 22.3. The Hall–Kier alpha value is -3.86. The Morgan fingerprint density at radius 1 is 1.03 bits per heavy atom. The third-order valence-corrected chi connectivity index (χ3v) is 5.79. The van der Waals surface area contributed by atoms with Crippen LogP contribution in [0.25, 0.3) is 6.08 Å². The van der Waals surface area contributed by atoms with E-state index in [-0.39, 0.29) is 17.5 Å². The molecular weight excluding hydrogens is 414 g/mol. The largest absolute Gasteiger partial charge is 0.503 e. The number of carbonyl (C=O) groups is 2. The quantitative estimate of drug-likeness (QED) is 0.494. The van der Waals surface area contributed by atoms with Gasteiger partial charge in [0.2, 0.25) is 0 Å². The molecule has 1 unspecified atom stereocenters. The summed E-state index contributed by atoms with van der Waals surface area (Å²) >= 11 is 0. The minimum Gasteiger partial charge on any atom is -0.503 e. The normalized spacial score (nSPS) is 16.8. The summed E-state index contributed by atoms with van der Waals surface area (Å²) in [5.74, 6) is -0.945. The second-order valence-electron chi connectivity index (χ2n) is 9.16. The predicted molar refractivity (Wildman–Crippen MR) is 127 cm³/mol. The Bertz CT molecular complexity index is 1200. The molecule has 0 fully saturated rings. The Morgan fingerprint density at radius 3 is 2.33 bits per heavy atom. The molecule has 1 amide bonds. The summed E-state index contributed by atoms with van der Waals surface area (Å²) in [5, 5.41) is 10.7. The Labute approximate surface area is 193 Å². The van der Waals surface area contributed by atoms with Crippen molar-refractivity contribution in [1.82, 2.24) is 4.90 Å². The number of hydrogen-bond acceptors (Lipinski definition) is 4. The molecule has 5 heteroatoms. The summed E-state index contributed by atoms with van der Waals surface area (Å²) in [6, 6.07) is 20.0. The number of aliphatic hydroxyl groups is 1. The zero-order chi connectivity index (χ0) is 23.6. The lowest BCUT2D eigenvalue weighted by atomic mass is 9.85. The van der Waals surface area contributed by atoms with E-state index in [2.05, 4.69) is 20.8 Å². The van der Waals surface area contributed by atoms with Crippen molar-refractivity contribution in [3.63, 3.8) is 0 Å².